The minimum absolute atomic E-state index is 0.0774. The molecule has 0 unspecified atom stereocenters. The first kappa shape index (κ1) is 30.7. The molecule has 43 heavy (non-hydrogen) atoms. The maximum Gasteiger partial charge on any atom is 0.163 e. The lowest BCUT2D eigenvalue weighted by molar-refractivity contribution is -0.146. The molecule has 1 saturated heterocycles. The Hall–Kier alpha value is -3.78. The van der Waals surface area contributed by atoms with E-state index in [2.05, 4.69) is 15.3 Å². The van der Waals surface area contributed by atoms with Gasteiger partial charge in [-0.1, -0.05) is 23.7 Å². The fraction of sp³-hybridized carbons (Fsp3) is 0.333. The summed E-state index contributed by atoms with van der Waals surface area (Å²) >= 11 is 6.46. The van der Waals surface area contributed by atoms with E-state index in [0.29, 0.717) is 50.2 Å². The number of hydrogen-bond acceptors (Lipinski definition) is 11. The maximum absolute atomic E-state index is 13.5. The summed E-state index contributed by atoms with van der Waals surface area (Å²) in [4.78, 5) is 10.4. The number of piperidine rings is 1. The molecule has 13 heteroatoms. The standard InChI is InChI=1S/C30H32ClFN4O7/c1-41-26-11-20-22(12-27(26)42-8-7-36-13-24(38)29(40)28(39)23(36)14-37)33-16-34-30(20)35-19-5-6-25(21(31)10-19)43-15-17-3-2-4-18(32)9-17/h2-6,9-12,16,23-24,28-29,37-40H,7-8,13-15H2,1H3,(H,33,34,35)/t23-,24+,28-,29-/m1/s1. The first-order chi connectivity index (χ1) is 20.8. The normalized spacial score (nSPS) is 20.6. The zero-order valence-corrected chi connectivity index (χ0v) is 24.0. The van der Waals surface area contributed by atoms with Gasteiger partial charge in [-0.2, -0.15) is 0 Å². The van der Waals surface area contributed by atoms with Crippen molar-refractivity contribution in [2.75, 3.05) is 38.7 Å². The van der Waals surface area contributed by atoms with Gasteiger partial charge in [-0.25, -0.2) is 14.4 Å². The van der Waals surface area contributed by atoms with E-state index in [4.69, 9.17) is 25.8 Å². The lowest BCUT2D eigenvalue weighted by Gasteiger charge is -2.42. The number of fused-ring (bicyclic) bond motifs is 1. The van der Waals surface area contributed by atoms with Crippen molar-refractivity contribution < 1.29 is 39.0 Å². The summed E-state index contributed by atoms with van der Waals surface area (Å²) < 4.78 is 30.7. The molecule has 5 rings (SSSR count). The second kappa shape index (κ2) is 13.7. The van der Waals surface area contributed by atoms with Gasteiger partial charge in [0, 0.05) is 30.2 Å². The number of aromatic nitrogens is 2. The number of ether oxygens (including phenoxy) is 3. The number of nitrogens with zero attached hydrogens (tertiary/aromatic N) is 3. The minimum atomic E-state index is -1.33. The molecule has 0 aliphatic carbocycles. The van der Waals surface area contributed by atoms with Crippen LogP contribution in [0.5, 0.6) is 17.2 Å². The molecule has 0 radical (unpaired) electrons. The van der Waals surface area contributed by atoms with E-state index in [0.717, 1.165) is 0 Å². The van der Waals surface area contributed by atoms with Crippen LogP contribution in [0.1, 0.15) is 5.56 Å². The molecular weight excluding hydrogens is 583 g/mol. The monoisotopic (exact) mass is 614 g/mol. The van der Waals surface area contributed by atoms with E-state index in [9.17, 15) is 24.8 Å². The van der Waals surface area contributed by atoms with Gasteiger partial charge in [-0.05, 0) is 42.0 Å². The van der Waals surface area contributed by atoms with Gasteiger partial charge >= 0.3 is 0 Å². The summed E-state index contributed by atoms with van der Waals surface area (Å²) in [6.45, 7) is 0.279. The molecular formula is C30H32ClFN4O7. The Bertz CT molecular complexity index is 1560. The van der Waals surface area contributed by atoms with Crippen molar-refractivity contribution in [2.24, 2.45) is 0 Å². The third-order valence-corrected chi connectivity index (χ3v) is 7.55. The molecule has 4 atom stereocenters. The van der Waals surface area contributed by atoms with E-state index in [1.807, 2.05) is 0 Å². The third kappa shape index (κ3) is 7.07. The second-order valence-corrected chi connectivity index (χ2v) is 10.5. The van der Waals surface area contributed by atoms with Crippen molar-refractivity contribution in [3.63, 3.8) is 0 Å². The molecule has 1 aliphatic heterocycles. The summed E-state index contributed by atoms with van der Waals surface area (Å²) in [6, 6.07) is 14.1. The molecule has 0 amide bonds. The van der Waals surface area contributed by atoms with Crippen molar-refractivity contribution >= 4 is 34.0 Å². The Labute approximate surface area is 252 Å². The van der Waals surface area contributed by atoms with Crippen LogP contribution in [0.2, 0.25) is 5.02 Å². The van der Waals surface area contributed by atoms with Gasteiger partial charge < -0.3 is 40.0 Å². The fourth-order valence-electron chi connectivity index (χ4n) is 4.96. The average molecular weight is 615 g/mol. The Kier molecular flexibility index (Phi) is 9.76. The molecule has 5 N–H and O–H groups in total. The lowest BCUT2D eigenvalue weighted by Crippen LogP contribution is -2.63. The Morgan fingerprint density at radius 1 is 1.00 bits per heavy atom. The predicted molar refractivity (Wildman–Crippen MR) is 158 cm³/mol. The SMILES string of the molecule is COc1cc2c(Nc3ccc(OCc4cccc(F)c4)c(Cl)c3)ncnc2cc1OCCN1C[C@H](O)[C@@H](O)[C@H](O)[C@H]1CO. The number of benzene rings is 3. The van der Waals surface area contributed by atoms with Crippen LogP contribution in [0.25, 0.3) is 10.9 Å². The van der Waals surface area contributed by atoms with Crippen LogP contribution < -0.4 is 19.5 Å². The number of hydrogen-bond donors (Lipinski definition) is 5. The number of anilines is 2. The minimum Gasteiger partial charge on any atom is -0.493 e. The van der Waals surface area contributed by atoms with Crippen molar-refractivity contribution in [3.8, 4) is 17.2 Å². The zero-order chi connectivity index (χ0) is 30.5. The molecule has 0 spiro atoms. The number of aliphatic hydroxyl groups excluding tert-OH is 4. The van der Waals surface area contributed by atoms with Gasteiger partial charge in [0.05, 0.1) is 36.4 Å². The lowest BCUT2D eigenvalue weighted by atomic mass is 9.94. The Morgan fingerprint density at radius 3 is 2.58 bits per heavy atom. The van der Waals surface area contributed by atoms with E-state index in [1.54, 1.807) is 47.4 Å². The van der Waals surface area contributed by atoms with Crippen molar-refractivity contribution in [1.82, 2.24) is 14.9 Å². The van der Waals surface area contributed by atoms with Gasteiger partial charge in [-0.15, -0.1) is 0 Å². The smallest absolute Gasteiger partial charge is 0.163 e. The molecule has 228 valence electrons. The average Bonchev–Trinajstić information content (AvgIpc) is 2.99. The number of methoxy groups -OCH3 is 1. The number of nitrogens with one attached hydrogen (secondary N) is 1. The largest absolute Gasteiger partial charge is 0.493 e. The molecule has 3 aromatic carbocycles. The molecule has 1 aliphatic rings. The summed E-state index contributed by atoms with van der Waals surface area (Å²) in [5.74, 6) is 1.46. The van der Waals surface area contributed by atoms with Gasteiger partial charge in [0.1, 0.15) is 49.1 Å². The van der Waals surface area contributed by atoms with Crippen LogP contribution in [0.15, 0.2) is 60.9 Å². The Balaban J connectivity index is 1.27. The maximum atomic E-state index is 13.5. The van der Waals surface area contributed by atoms with Crippen LogP contribution in [0.3, 0.4) is 0 Å². The number of halogens is 2. The first-order valence-corrected chi connectivity index (χ1v) is 13.9. The zero-order valence-electron chi connectivity index (χ0n) is 23.2. The van der Waals surface area contributed by atoms with Crippen LogP contribution in [0.4, 0.5) is 15.9 Å². The number of aliphatic hydroxyl groups is 4. The molecule has 4 aromatic rings. The van der Waals surface area contributed by atoms with Crippen molar-refractivity contribution in [1.29, 1.82) is 0 Å². The molecule has 0 bridgehead atoms. The van der Waals surface area contributed by atoms with Crippen LogP contribution >= 0.6 is 11.6 Å². The number of rotatable bonds is 11. The first-order valence-electron chi connectivity index (χ1n) is 13.6. The topological polar surface area (TPSA) is 150 Å². The van der Waals surface area contributed by atoms with Gasteiger partial charge in [0.2, 0.25) is 0 Å². The fourth-order valence-corrected chi connectivity index (χ4v) is 5.20. The highest BCUT2D eigenvalue weighted by Crippen LogP contribution is 2.36. The van der Waals surface area contributed by atoms with Crippen LogP contribution in [-0.4, -0.2) is 93.1 Å². The molecule has 11 nitrogen and oxygen atoms in total. The predicted octanol–water partition coefficient (Wildman–Crippen LogP) is 2.89. The van der Waals surface area contributed by atoms with Crippen LogP contribution in [0, 0.1) is 5.82 Å². The van der Waals surface area contributed by atoms with Gasteiger partial charge in [-0.3, -0.25) is 4.90 Å². The highest BCUT2D eigenvalue weighted by Gasteiger charge is 2.40. The summed E-state index contributed by atoms with van der Waals surface area (Å²) in [5, 5.41) is 44.1. The number of likely N-dealkylation sites (tertiary alicyclic amines) is 1. The third-order valence-electron chi connectivity index (χ3n) is 7.25. The highest BCUT2D eigenvalue weighted by molar-refractivity contribution is 6.32. The van der Waals surface area contributed by atoms with Gasteiger partial charge in [0.25, 0.3) is 0 Å². The van der Waals surface area contributed by atoms with Gasteiger partial charge in [0.15, 0.2) is 11.5 Å². The van der Waals surface area contributed by atoms with Crippen LogP contribution in [-0.2, 0) is 6.61 Å². The Morgan fingerprint density at radius 2 is 1.84 bits per heavy atom. The second-order valence-electron chi connectivity index (χ2n) is 10.1. The summed E-state index contributed by atoms with van der Waals surface area (Å²) in [5.41, 5.74) is 1.91. The molecule has 1 aromatic heterocycles. The molecule has 0 saturated carbocycles. The van der Waals surface area contributed by atoms with E-state index >= 15 is 0 Å². The highest BCUT2D eigenvalue weighted by atomic mass is 35.5. The van der Waals surface area contributed by atoms with E-state index in [1.165, 1.54) is 25.6 Å². The van der Waals surface area contributed by atoms with E-state index in [-0.39, 0.29) is 38.7 Å². The summed E-state index contributed by atoms with van der Waals surface area (Å²) in [7, 11) is 1.51. The molecule has 2 heterocycles. The van der Waals surface area contributed by atoms with E-state index < -0.39 is 24.4 Å². The van der Waals surface area contributed by atoms with Crippen molar-refractivity contribution in [2.45, 2.75) is 31.0 Å². The molecule has 1 fully saturated rings. The summed E-state index contributed by atoms with van der Waals surface area (Å²) in [6.07, 6.45) is -2.35. The van der Waals surface area contributed by atoms with Crippen molar-refractivity contribution in [3.05, 3.63) is 77.3 Å². The number of β-amino-alcohol motifs (C(OH)–C–C–N with tert-alkyl or cyclic N) is 1. The quantitative estimate of drug-likeness (QED) is 0.170.